The molecule has 3 aromatic rings. The summed E-state index contributed by atoms with van der Waals surface area (Å²) in [4.78, 5) is 17.2. The van der Waals surface area contributed by atoms with Gasteiger partial charge in [0.15, 0.2) is 6.61 Å². The molecular formula is C27H29NO4. The highest BCUT2D eigenvalue weighted by molar-refractivity contribution is 6.00. The third kappa shape index (κ3) is 6.20. The number of benzene rings is 3. The van der Waals surface area contributed by atoms with E-state index in [1.807, 2.05) is 42.5 Å². The number of hydrogen-bond donors (Lipinski definition) is 0. The van der Waals surface area contributed by atoms with Crippen molar-refractivity contribution in [2.45, 2.75) is 26.2 Å². The predicted molar refractivity (Wildman–Crippen MR) is 127 cm³/mol. The summed E-state index contributed by atoms with van der Waals surface area (Å²) in [6, 6.07) is 26.0. The fraction of sp³-hybridized carbons (Fsp3) is 0.259. The van der Waals surface area contributed by atoms with Crippen molar-refractivity contribution in [3.8, 4) is 16.9 Å². The van der Waals surface area contributed by atoms with Crippen LogP contribution in [0.2, 0.25) is 0 Å². The Morgan fingerprint density at radius 3 is 2.31 bits per heavy atom. The van der Waals surface area contributed by atoms with E-state index in [0.717, 1.165) is 23.3 Å². The average molecular weight is 432 g/mol. The van der Waals surface area contributed by atoms with Gasteiger partial charge in [-0.2, -0.15) is 0 Å². The van der Waals surface area contributed by atoms with E-state index in [2.05, 4.69) is 48.5 Å². The molecule has 166 valence electrons. The van der Waals surface area contributed by atoms with E-state index >= 15 is 0 Å². The first-order valence-electron chi connectivity index (χ1n) is 10.8. The largest absolute Gasteiger partial charge is 0.490 e. The van der Waals surface area contributed by atoms with E-state index in [1.165, 1.54) is 18.2 Å². The van der Waals surface area contributed by atoms with Gasteiger partial charge in [0.25, 0.3) is 0 Å². The van der Waals surface area contributed by atoms with Crippen molar-refractivity contribution in [2.24, 2.45) is 5.16 Å². The van der Waals surface area contributed by atoms with Gasteiger partial charge in [0.05, 0.1) is 18.7 Å². The van der Waals surface area contributed by atoms with Crippen molar-refractivity contribution in [2.75, 3.05) is 20.3 Å². The van der Waals surface area contributed by atoms with Gasteiger partial charge in [-0.1, -0.05) is 78.8 Å². The second kappa shape index (κ2) is 11.7. The molecule has 0 aliphatic heterocycles. The lowest BCUT2D eigenvalue weighted by molar-refractivity contribution is -0.141. The maximum Gasteiger partial charge on any atom is 0.312 e. The Morgan fingerprint density at radius 2 is 1.62 bits per heavy atom. The van der Waals surface area contributed by atoms with Crippen LogP contribution in [0.15, 0.2) is 84.0 Å². The van der Waals surface area contributed by atoms with Crippen molar-refractivity contribution in [1.29, 1.82) is 0 Å². The summed E-state index contributed by atoms with van der Waals surface area (Å²) < 4.78 is 10.6. The first-order chi connectivity index (χ1) is 15.6. The summed E-state index contributed by atoms with van der Waals surface area (Å²) in [5.74, 6) is 0.0616. The Bertz CT molecular complexity index is 1030. The molecule has 0 N–H and O–H groups in total. The molecule has 0 fully saturated rings. The lowest BCUT2D eigenvalue weighted by atomic mass is 10.0. The van der Waals surface area contributed by atoms with Gasteiger partial charge in [0.2, 0.25) is 0 Å². The van der Waals surface area contributed by atoms with Gasteiger partial charge < -0.3 is 14.3 Å². The highest BCUT2D eigenvalue weighted by atomic mass is 16.6. The number of oxime groups is 1. The minimum absolute atomic E-state index is 0.274. The summed E-state index contributed by atoms with van der Waals surface area (Å²) in [7, 11) is 1.39. The van der Waals surface area contributed by atoms with Crippen LogP contribution in [-0.4, -0.2) is 32.0 Å². The Balaban J connectivity index is 1.52. The van der Waals surface area contributed by atoms with Crippen molar-refractivity contribution in [3.05, 3.63) is 90.0 Å². The molecule has 0 amide bonds. The second-order valence-corrected chi connectivity index (χ2v) is 7.33. The first kappa shape index (κ1) is 23.1. The molecule has 0 aliphatic rings. The molecule has 3 aromatic carbocycles. The van der Waals surface area contributed by atoms with Gasteiger partial charge in [-0.25, -0.2) is 0 Å². The molecule has 32 heavy (non-hydrogen) atoms. The zero-order chi connectivity index (χ0) is 22.8. The van der Waals surface area contributed by atoms with Gasteiger partial charge in [-0.15, -0.1) is 0 Å². The van der Waals surface area contributed by atoms with Crippen molar-refractivity contribution >= 4 is 11.7 Å². The molecule has 0 saturated heterocycles. The predicted octanol–water partition coefficient (Wildman–Crippen LogP) is 5.84. The lowest BCUT2D eigenvalue weighted by Gasteiger charge is -2.12. The molecule has 5 nitrogen and oxygen atoms in total. The highest BCUT2D eigenvalue weighted by Crippen LogP contribution is 2.22. The summed E-state index contributed by atoms with van der Waals surface area (Å²) in [6.45, 7) is 4.53. The molecule has 0 bridgehead atoms. The molecule has 1 atom stereocenters. The van der Waals surface area contributed by atoms with Gasteiger partial charge in [0, 0.05) is 0 Å². The van der Waals surface area contributed by atoms with E-state index in [4.69, 9.17) is 14.3 Å². The van der Waals surface area contributed by atoms with E-state index in [0.29, 0.717) is 19.0 Å². The van der Waals surface area contributed by atoms with Crippen molar-refractivity contribution in [1.82, 2.24) is 0 Å². The third-order valence-corrected chi connectivity index (χ3v) is 5.19. The lowest BCUT2D eigenvalue weighted by Crippen LogP contribution is -2.11. The van der Waals surface area contributed by atoms with E-state index in [1.54, 1.807) is 6.92 Å². The smallest absolute Gasteiger partial charge is 0.312 e. The van der Waals surface area contributed by atoms with Crippen LogP contribution in [0.5, 0.6) is 5.75 Å². The van der Waals surface area contributed by atoms with Crippen LogP contribution < -0.4 is 4.74 Å². The maximum absolute atomic E-state index is 11.7. The van der Waals surface area contributed by atoms with Crippen LogP contribution in [0.4, 0.5) is 0 Å². The fourth-order valence-corrected chi connectivity index (χ4v) is 3.31. The SMILES string of the molecule is CCC(=NOCCOc1cccc(C(C)C(=O)OC)c1)c1ccc(-c2ccccc2)cc1. The zero-order valence-electron chi connectivity index (χ0n) is 18.8. The summed E-state index contributed by atoms with van der Waals surface area (Å²) in [6.07, 6.45) is 0.763. The number of ether oxygens (including phenoxy) is 2. The molecule has 0 aromatic heterocycles. The topological polar surface area (TPSA) is 57.1 Å². The first-order valence-corrected chi connectivity index (χ1v) is 10.8. The Hall–Kier alpha value is -3.60. The molecule has 3 rings (SSSR count). The molecule has 1 unspecified atom stereocenters. The number of rotatable bonds is 10. The van der Waals surface area contributed by atoms with E-state index in [-0.39, 0.29) is 11.9 Å². The van der Waals surface area contributed by atoms with Crippen LogP contribution >= 0.6 is 0 Å². The van der Waals surface area contributed by atoms with Gasteiger partial charge in [-0.3, -0.25) is 4.79 Å². The van der Waals surface area contributed by atoms with Crippen LogP contribution in [0.3, 0.4) is 0 Å². The fourth-order valence-electron chi connectivity index (χ4n) is 3.31. The number of carbonyl (C=O) groups excluding carboxylic acids is 1. The number of methoxy groups -OCH3 is 1. The molecule has 0 saturated carbocycles. The number of hydrogen-bond acceptors (Lipinski definition) is 5. The minimum atomic E-state index is -0.343. The van der Waals surface area contributed by atoms with Crippen LogP contribution in [0.25, 0.3) is 11.1 Å². The monoisotopic (exact) mass is 431 g/mol. The molecule has 5 heteroatoms. The number of nitrogens with zero attached hydrogens (tertiary/aromatic N) is 1. The van der Waals surface area contributed by atoms with Gasteiger partial charge in [-0.05, 0) is 47.7 Å². The van der Waals surface area contributed by atoms with E-state index in [9.17, 15) is 4.79 Å². The quantitative estimate of drug-likeness (QED) is 0.175. The minimum Gasteiger partial charge on any atom is -0.490 e. The van der Waals surface area contributed by atoms with Crippen LogP contribution in [0, 0.1) is 0 Å². The number of carbonyl (C=O) groups is 1. The highest BCUT2D eigenvalue weighted by Gasteiger charge is 2.15. The molecule has 0 heterocycles. The molecular weight excluding hydrogens is 402 g/mol. The summed E-state index contributed by atoms with van der Waals surface area (Å²) >= 11 is 0. The molecule has 0 radical (unpaired) electrons. The average Bonchev–Trinajstić information content (AvgIpc) is 2.86. The third-order valence-electron chi connectivity index (χ3n) is 5.19. The maximum atomic E-state index is 11.7. The molecule has 0 aliphatic carbocycles. The summed E-state index contributed by atoms with van der Waals surface area (Å²) in [5, 5.41) is 4.30. The van der Waals surface area contributed by atoms with Crippen LogP contribution in [0.1, 0.15) is 37.3 Å². The van der Waals surface area contributed by atoms with E-state index < -0.39 is 0 Å². The Morgan fingerprint density at radius 1 is 0.906 bits per heavy atom. The second-order valence-electron chi connectivity index (χ2n) is 7.33. The summed E-state index contributed by atoms with van der Waals surface area (Å²) in [5.41, 5.74) is 5.13. The van der Waals surface area contributed by atoms with Gasteiger partial charge >= 0.3 is 5.97 Å². The standard InChI is InChI=1S/C27H29NO4/c1-4-26(23-15-13-22(14-16-23)21-9-6-5-7-10-21)28-32-18-17-31-25-12-8-11-24(19-25)20(2)27(29)30-3/h5-16,19-20H,4,17-18H2,1-3H3. The van der Waals surface area contributed by atoms with Crippen molar-refractivity contribution in [3.63, 3.8) is 0 Å². The van der Waals surface area contributed by atoms with Crippen LogP contribution in [-0.2, 0) is 14.4 Å². The Kier molecular flexibility index (Phi) is 8.44. The number of esters is 1. The zero-order valence-corrected chi connectivity index (χ0v) is 18.8. The normalized spacial score (nSPS) is 12.2. The van der Waals surface area contributed by atoms with Gasteiger partial charge in [0.1, 0.15) is 12.4 Å². The Labute approximate surface area is 189 Å². The molecule has 0 spiro atoms. The van der Waals surface area contributed by atoms with Crippen molar-refractivity contribution < 1.29 is 19.1 Å².